The van der Waals surface area contributed by atoms with Gasteiger partial charge in [-0.3, -0.25) is 4.68 Å². The average Bonchev–Trinajstić information content (AvgIpc) is 2.93. The molecule has 0 amide bonds. The van der Waals surface area contributed by atoms with E-state index < -0.39 is 10.0 Å². The molecule has 0 atom stereocenters. The first-order valence-electron chi connectivity index (χ1n) is 5.84. The van der Waals surface area contributed by atoms with Gasteiger partial charge >= 0.3 is 0 Å². The lowest BCUT2D eigenvalue weighted by Crippen LogP contribution is -2.34. The standard InChI is InChI=1S/C10H18N4O2S/c15-17(16,9-6-11-10-2-3-10)13-5-8-14-7-1-4-12-14/h1,4,7,10-11,13H,2-3,5-6,8-9H2. The molecule has 0 aliphatic heterocycles. The summed E-state index contributed by atoms with van der Waals surface area (Å²) >= 11 is 0. The van der Waals surface area contributed by atoms with Gasteiger partial charge in [0.15, 0.2) is 0 Å². The number of nitrogens with zero attached hydrogens (tertiary/aromatic N) is 2. The van der Waals surface area contributed by atoms with Crippen molar-refractivity contribution in [3.05, 3.63) is 18.5 Å². The molecule has 2 N–H and O–H groups in total. The topological polar surface area (TPSA) is 76.0 Å². The van der Waals surface area contributed by atoms with Crippen LogP contribution in [-0.2, 0) is 16.6 Å². The molecule has 1 fully saturated rings. The van der Waals surface area contributed by atoms with Crippen molar-refractivity contribution in [1.82, 2.24) is 19.8 Å². The summed E-state index contributed by atoms with van der Waals surface area (Å²) in [6, 6.07) is 2.36. The van der Waals surface area contributed by atoms with Gasteiger partial charge < -0.3 is 5.32 Å². The van der Waals surface area contributed by atoms with Crippen molar-refractivity contribution in [2.45, 2.75) is 25.4 Å². The van der Waals surface area contributed by atoms with E-state index in [1.165, 1.54) is 12.8 Å². The fraction of sp³-hybridized carbons (Fsp3) is 0.700. The van der Waals surface area contributed by atoms with Crippen LogP contribution in [0.5, 0.6) is 0 Å². The predicted molar refractivity (Wildman–Crippen MR) is 65.0 cm³/mol. The van der Waals surface area contributed by atoms with Crippen LogP contribution in [0.4, 0.5) is 0 Å². The molecule has 17 heavy (non-hydrogen) atoms. The smallest absolute Gasteiger partial charge is 0.212 e. The quantitative estimate of drug-likeness (QED) is 0.662. The Morgan fingerprint density at radius 3 is 2.82 bits per heavy atom. The Morgan fingerprint density at radius 2 is 2.18 bits per heavy atom. The van der Waals surface area contributed by atoms with Crippen LogP contribution >= 0.6 is 0 Å². The molecular weight excluding hydrogens is 240 g/mol. The van der Waals surface area contributed by atoms with Crippen LogP contribution in [0.25, 0.3) is 0 Å². The van der Waals surface area contributed by atoms with E-state index in [1.54, 1.807) is 10.9 Å². The highest BCUT2D eigenvalue weighted by Gasteiger charge is 2.20. The Balaban J connectivity index is 1.62. The summed E-state index contributed by atoms with van der Waals surface area (Å²) in [7, 11) is -3.16. The Bertz CT molecular complexity index is 425. The van der Waals surface area contributed by atoms with E-state index in [1.807, 2.05) is 12.3 Å². The maximum Gasteiger partial charge on any atom is 0.212 e. The molecule has 0 unspecified atom stereocenters. The first kappa shape index (κ1) is 12.5. The monoisotopic (exact) mass is 258 g/mol. The van der Waals surface area contributed by atoms with Gasteiger partial charge in [0, 0.05) is 31.5 Å². The maximum absolute atomic E-state index is 11.6. The van der Waals surface area contributed by atoms with Crippen LogP contribution in [0.15, 0.2) is 18.5 Å². The molecule has 6 nitrogen and oxygen atoms in total. The Morgan fingerprint density at radius 1 is 1.35 bits per heavy atom. The van der Waals surface area contributed by atoms with Crippen molar-refractivity contribution >= 4 is 10.0 Å². The molecule has 96 valence electrons. The maximum atomic E-state index is 11.6. The van der Waals surface area contributed by atoms with Crippen LogP contribution < -0.4 is 10.0 Å². The first-order valence-corrected chi connectivity index (χ1v) is 7.49. The molecule has 1 aliphatic rings. The molecule has 7 heteroatoms. The summed E-state index contributed by atoms with van der Waals surface area (Å²) < 4.78 is 27.4. The molecule has 0 bridgehead atoms. The number of hydrogen-bond donors (Lipinski definition) is 2. The third kappa shape index (κ3) is 4.84. The summed E-state index contributed by atoms with van der Waals surface area (Å²) in [5, 5.41) is 7.18. The highest BCUT2D eigenvalue weighted by molar-refractivity contribution is 7.89. The van der Waals surface area contributed by atoms with Gasteiger partial charge in [0.05, 0.1) is 12.3 Å². The Kier molecular flexibility index (Phi) is 4.14. The zero-order valence-electron chi connectivity index (χ0n) is 9.67. The van der Waals surface area contributed by atoms with Gasteiger partial charge in [-0.25, -0.2) is 13.1 Å². The highest BCUT2D eigenvalue weighted by Crippen LogP contribution is 2.17. The molecule has 0 spiro atoms. The average molecular weight is 258 g/mol. The van der Waals surface area contributed by atoms with Gasteiger partial charge in [0.1, 0.15) is 0 Å². The van der Waals surface area contributed by atoms with Crippen molar-refractivity contribution in [1.29, 1.82) is 0 Å². The molecule has 1 heterocycles. The molecule has 1 aromatic rings. The van der Waals surface area contributed by atoms with Crippen LogP contribution in [0, 0.1) is 0 Å². The van der Waals surface area contributed by atoms with E-state index >= 15 is 0 Å². The van der Waals surface area contributed by atoms with E-state index in [0.717, 1.165) is 0 Å². The van der Waals surface area contributed by atoms with Crippen LogP contribution in [0.2, 0.25) is 0 Å². The number of sulfonamides is 1. The largest absolute Gasteiger partial charge is 0.313 e. The second-order valence-corrected chi connectivity index (χ2v) is 6.14. The van der Waals surface area contributed by atoms with E-state index in [9.17, 15) is 8.42 Å². The fourth-order valence-electron chi connectivity index (χ4n) is 1.51. The third-order valence-corrected chi connectivity index (χ3v) is 3.99. The summed E-state index contributed by atoms with van der Waals surface area (Å²) in [5.41, 5.74) is 0. The minimum absolute atomic E-state index is 0.141. The van der Waals surface area contributed by atoms with Gasteiger partial charge in [0.2, 0.25) is 10.0 Å². The lowest BCUT2D eigenvalue weighted by atomic mass is 10.6. The molecule has 0 saturated heterocycles. The van der Waals surface area contributed by atoms with Crippen molar-refractivity contribution in [3.63, 3.8) is 0 Å². The summed E-state index contributed by atoms with van der Waals surface area (Å²) in [5.74, 6) is 0.141. The lowest BCUT2D eigenvalue weighted by molar-refractivity contribution is 0.557. The molecule has 0 aromatic carbocycles. The highest BCUT2D eigenvalue weighted by atomic mass is 32.2. The number of nitrogens with one attached hydrogen (secondary N) is 2. The number of aromatic nitrogens is 2. The number of rotatable bonds is 8. The predicted octanol–water partition coefficient (Wildman–Crippen LogP) is -0.445. The Hall–Kier alpha value is -0.920. The van der Waals surface area contributed by atoms with Crippen molar-refractivity contribution in [2.24, 2.45) is 0 Å². The van der Waals surface area contributed by atoms with Crippen molar-refractivity contribution < 1.29 is 8.42 Å². The first-order chi connectivity index (χ1) is 8.16. The van der Waals surface area contributed by atoms with E-state index in [-0.39, 0.29) is 5.75 Å². The Labute approximate surface area is 101 Å². The van der Waals surface area contributed by atoms with Crippen LogP contribution in [0.3, 0.4) is 0 Å². The van der Waals surface area contributed by atoms with Crippen LogP contribution in [-0.4, -0.2) is 43.1 Å². The second-order valence-electron chi connectivity index (χ2n) is 4.21. The summed E-state index contributed by atoms with van der Waals surface area (Å²) in [6.45, 7) is 1.47. The minimum atomic E-state index is -3.16. The van der Waals surface area contributed by atoms with E-state index in [0.29, 0.717) is 25.7 Å². The van der Waals surface area contributed by atoms with Crippen molar-refractivity contribution in [3.8, 4) is 0 Å². The molecule has 1 aliphatic carbocycles. The van der Waals surface area contributed by atoms with Gasteiger partial charge in [-0.1, -0.05) is 0 Å². The second kappa shape index (κ2) is 5.61. The lowest BCUT2D eigenvalue weighted by Gasteiger charge is -2.07. The number of hydrogen-bond acceptors (Lipinski definition) is 4. The molecule has 2 rings (SSSR count). The van der Waals surface area contributed by atoms with E-state index in [2.05, 4.69) is 15.1 Å². The molecule has 0 radical (unpaired) electrons. The third-order valence-electron chi connectivity index (χ3n) is 2.60. The molecule has 1 aromatic heterocycles. The van der Waals surface area contributed by atoms with Gasteiger partial charge in [-0.15, -0.1) is 0 Å². The fourth-order valence-corrected chi connectivity index (χ4v) is 2.44. The van der Waals surface area contributed by atoms with Crippen LogP contribution in [0.1, 0.15) is 12.8 Å². The zero-order chi connectivity index (χ0) is 12.1. The minimum Gasteiger partial charge on any atom is -0.313 e. The van der Waals surface area contributed by atoms with Gasteiger partial charge in [-0.05, 0) is 18.9 Å². The SMILES string of the molecule is O=S(=O)(CCNC1CC1)NCCn1cccn1. The normalized spacial score (nSPS) is 16.2. The van der Waals surface area contributed by atoms with Crippen molar-refractivity contribution in [2.75, 3.05) is 18.8 Å². The summed E-state index contributed by atoms with van der Waals surface area (Å²) in [6.07, 6.45) is 5.83. The molecular formula is C10H18N4O2S. The zero-order valence-corrected chi connectivity index (χ0v) is 10.5. The van der Waals surface area contributed by atoms with Gasteiger partial charge in [-0.2, -0.15) is 5.10 Å². The molecule has 1 saturated carbocycles. The summed E-state index contributed by atoms with van der Waals surface area (Å²) in [4.78, 5) is 0. The van der Waals surface area contributed by atoms with E-state index in [4.69, 9.17) is 0 Å². The van der Waals surface area contributed by atoms with Gasteiger partial charge in [0.25, 0.3) is 0 Å².